The molecule has 0 saturated carbocycles. The molecule has 0 fully saturated rings. The smallest absolute Gasteiger partial charge is 0.139 e. The minimum absolute atomic E-state index is 0.325. The van der Waals surface area contributed by atoms with Crippen LogP contribution in [0.2, 0.25) is 0 Å². The third kappa shape index (κ3) is 2.90. The molecule has 1 aromatic carbocycles. The van der Waals surface area contributed by atoms with Gasteiger partial charge in [0.15, 0.2) is 0 Å². The summed E-state index contributed by atoms with van der Waals surface area (Å²) in [6.07, 6.45) is 0.687. The van der Waals surface area contributed by atoms with Crippen molar-refractivity contribution in [1.29, 1.82) is 0 Å². The normalized spacial score (nSPS) is 10.7. The molecule has 0 aliphatic rings. The van der Waals surface area contributed by atoms with Crippen molar-refractivity contribution in [3.63, 3.8) is 0 Å². The minimum atomic E-state index is -0.325. The quantitative estimate of drug-likeness (QED) is 0.891. The molecule has 1 aromatic heterocycles. The highest BCUT2D eigenvalue weighted by atomic mass is 79.9. The molecule has 1 heterocycles. The number of anilines is 3. The zero-order valence-corrected chi connectivity index (χ0v) is 13.2. The summed E-state index contributed by atoms with van der Waals surface area (Å²) in [6, 6.07) is 3.15. The molecule has 0 saturated heterocycles. The van der Waals surface area contributed by atoms with E-state index in [1.54, 1.807) is 6.07 Å². The highest BCUT2D eigenvalue weighted by Gasteiger charge is 2.11. The summed E-state index contributed by atoms with van der Waals surface area (Å²) in [5.74, 6) is 1.38. The van der Waals surface area contributed by atoms with Crippen molar-refractivity contribution < 1.29 is 4.39 Å². The third-order valence-corrected chi connectivity index (χ3v) is 3.67. The standard InChI is InChI=1S/C14H16BrFN4/c1-4-12-19-13(17)8(3)14(20-12)18-11-6-10(16)9(15)5-7(11)2/h5-6H,4H2,1-3H3,(H3,17,18,19,20). The van der Waals surface area contributed by atoms with Gasteiger partial charge in [-0.1, -0.05) is 6.92 Å². The van der Waals surface area contributed by atoms with Crippen LogP contribution in [0.1, 0.15) is 23.9 Å². The minimum Gasteiger partial charge on any atom is -0.383 e. The monoisotopic (exact) mass is 338 g/mol. The first kappa shape index (κ1) is 14.7. The van der Waals surface area contributed by atoms with E-state index in [1.807, 2.05) is 20.8 Å². The van der Waals surface area contributed by atoms with E-state index in [9.17, 15) is 4.39 Å². The first-order valence-electron chi connectivity index (χ1n) is 6.28. The van der Waals surface area contributed by atoms with Crippen LogP contribution in [0.25, 0.3) is 0 Å². The Hall–Kier alpha value is -1.69. The number of nitrogen functional groups attached to an aromatic ring is 1. The van der Waals surface area contributed by atoms with E-state index in [0.29, 0.717) is 34.0 Å². The molecule has 20 heavy (non-hydrogen) atoms. The number of rotatable bonds is 3. The molecule has 6 heteroatoms. The average molecular weight is 339 g/mol. The molecule has 4 nitrogen and oxygen atoms in total. The lowest BCUT2D eigenvalue weighted by Crippen LogP contribution is -2.07. The van der Waals surface area contributed by atoms with Crippen LogP contribution < -0.4 is 11.1 Å². The van der Waals surface area contributed by atoms with Gasteiger partial charge >= 0.3 is 0 Å². The first-order valence-corrected chi connectivity index (χ1v) is 7.07. The number of nitrogens with one attached hydrogen (secondary N) is 1. The molecule has 0 atom stereocenters. The second-order valence-corrected chi connectivity index (χ2v) is 5.41. The number of aromatic nitrogens is 2. The summed E-state index contributed by atoms with van der Waals surface area (Å²) in [6.45, 7) is 5.69. The van der Waals surface area contributed by atoms with Gasteiger partial charge in [-0.2, -0.15) is 0 Å². The number of hydrogen-bond donors (Lipinski definition) is 2. The molecule has 0 bridgehead atoms. The van der Waals surface area contributed by atoms with Crippen molar-refractivity contribution in [2.75, 3.05) is 11.1 Å². The van der Waals surface area contributed by atoms with Crippen LogP contribution in [0.5, 0.6) is 0 Å². The van der Waals surface area contributed by atoms with Crippen LogP contribution >= 0.6 is 15.9 Å². The van der Waals surface area contributed by atoms with Crippen LogP contribution in [-0.4, -0.2) is 9.97 Å². The fourth-order valence-corrected chi connectivity index (χ4v) is 2.23. The summed E-state index contributed by atoms with van der Waals surface area (Å²) in [5, 5.41) is 3.13. The van der Waals surface area contributed by atoms with Crippen molar-refractivity contribution in [1.82, 2.24) is 9.97 Å². The molecule has 0 amide bonds. The van der Waals surface area contributed by atoms with Gasteiger partial charge in [0.1, 0.15) is 23.3 Å². The maximum Gasteiger partial charge on any atom is 0.139 e. The number of nitrogens with zero attached hydrogens (tertiary/aromatic N) is 2. The Labute approximate surface area is 125 Å². The van der Waals surface area contributed by atoms with Crippen molar-refractivity contribution >= 4 is 33.3 Å². The molecule has 0 aliphatic carbocycles. The lowest BCUT2D eigenvalue weighted by atomic mass is 10.2. The van der Waals surface area contributed by atoms with Crippen LogP contribution in [0.4, 0.5) is 21.7 Å². The Morgan fingerprint density at radius 1 is 1.30 bits per heavy atom. The molecular weight excluding hydrogens is 323 g/mol. The third-order valence-electron chi connectivity index (χ3n) is 3.07. The molecule has 0 aliphatic heterocycles. The van der Waals surface area contributed by atoms with Crippen LogP contribution in [0, 0.1) is 19.7 Å². The van der Waals surface area contributed by atoms with Gasteiger partial charge in [0, 0.05) is 17.7 Å². The molecule has 0 radical (unpaired) electrons. The molecule has 106 valence electrons. The summed E-state index contributed by atoms with van der Waals surface area (Å²) in [4.78, 5) is 8.60. The zero-order valence-electron chi connectivity index (χ0n) is 11.6. The molecule has 0 spiro atoms. The first-order chi connectivity index (χ1) is 9.42. The summed E-state index contributed by atoms with van der Waals surface area (Å²) < 4.78 is 14.1. The van der Waals surface area contributed by atoms with Gasteiger partial charge in [-0.3, -0.25) is 0 Å². The van der Waals surface area contributed by atoms with Crippen molar-refractivity contribution in [3.05, 3.63) is 39.4 Å². The zero-order chi connectivity index (χ0) is 14.9. The van der Waals surface area contributed by atoms with Crippen molar-refractivity contribution in [2.24, 2.45) is 0 Å². The Kier molecular flexibility index (Phi) is 4.23. The fraction of sp³-hybridized carbons (Fsp3) is 0.286. The number of nitrogens with two attached hydrogens (primary N) is 1. The van der Waals surface area contributed by atoms with Gasteiger partial charge in [0.25, 0.3) is 0 Å². The van der Waals surface area contributed by atoms with Gasteiger partial charge in [-0.15, -0.1) is 0 Å². The van der Waals surface area contributed by atoms with Crippen LogP contribution in [0.3, 0.4) is 0 Å². The van der Waals surface area contributed by atoms with Crippen molar-refractivity contribution in [3.8, 4) is 0 Å². The maximum atomic E-state index is 13.6. The predicted molar refractivity (Wildman–Crippen MR) is 82.7 cm³/mol. The Bertz CT molecular complexity index is 658. The molecule has 2 rings (SSSR count). The highest BCUT2D eigenvalue weighted by molar-refractivity contribution is 9.10. The predicted octanol–water partition coefficient (Wildman–Crippen LogP) is 3.88. The summed E-state index contributed by atoms with van der Waals surface area (Å²) in [7, 11) is 0. The van der Waals surface area contributed by atoms with Crippen molar-refractivity contribution in [2.45, 2.75) is 27.2 Å². The second kappa shape index (κ2) is 5.75. The van der Waals surface area contributed by atoms with Crippen LogP contribution in [0.15, 0.2) is 16.6 Å². The summed E-state index contributed by atoms with van der Waals surface area (Å²) in [5.41, 5.74) is 8.20. The van der Waals surface area contributed by atoms with E-state index < -0.39 is 0 Å². The lowest BCUT2D eigenvalue weighted by molar-refractivity contribution is 0.621. The number of aryl methyl sites for hydroxylation is 2. The lowest BCUT2D eigenvalue weighted by Gasteiger charge is -2.14. The molecule has 0 unspecified atom stereocenters. The van der Waals surface area contributed by atoms with Gasteiger partial charge < -0.3 is 11.1 Å². The van der Waals surface area contributed by atoms with E-state index >= 15 is 0 Å². The topological polar surface area (TPSA) is 63.8 Å². The Morgan fingerprint density at radius 3 is 2.65 bits per heavy atom. The fourth-order valence-electron chi connectivity index (χ4n) is 1.77. The van der Waals surface area contributed by atoms with E-state index in [2.05, 4.69) is 31.2 Å². The van der Waals surface area contributed by atoms with Gasteiger partial charge in [0.05, 0.1) is 4.47 Å². The van der Waals surface area contributed by atoms with Gasteiger partial charge in [-0.25, -0.2) is 14.4 Å². The summed E-state index contributed by atoms with van der Waals surface area (Å²) >= 11 is 3.17. The Balaban J connectivity index is 2.44. The van der Waals surface area contributed by atoms with Crippen LogP contribution in [-0.2, 0) is 6.42 Å². The average Bonchev–Trinajstić information content (AvgIpc) is 2.40. The number of benzene rings is 1. The van der Waals surface area contributed by atoms with Gasteiger partial charge in [0.2, 0.25) is 0 Å². The highest BCUT2D eigenvalue weighted by Crippen LogP contribution is 2.28. The maximum absolute atomic E-state index is 13.6. The van der Waals surface area contributed by atoms with E-state index in [0.717, 1.165) is 11.1 Å². The van der Waals surface area contributed by atoms with Gasteiger partial charge in [-0.05, 0) is 47.5 Å². The van der Waals surface area contributed by atoms with E-state index in [-0.39, 0.29) is 5.82 Å². The second-order valence-electron chi connectivity index (χ2n) is 4.56. The molecule has 3 N–H and O–H groups in total. The largest absolute Gasteiger partial charge is 0.383 e. The Morgan fingerprint density at radius 2 is 2.00 bits per heavy atom. The molecule has 2 aromatic rings. The van der Waals surface area contributed by atoms with E-state index in [1.165, 1.54) is 6.07 Å². The number of hydrogen-bond acceptors (Lipinski definition) is 4. The molecular formula is C14H16BrFN4. The SMILES string of the molecule is CCc1nc(N)c(C)c(Nc2cc(F)c(Br)cc2C)n1. The van der Waals surface area contributed by atoms with E-state index in [4.69, 9.17) is 5.73 Å². The number of halogens is 2.